The molecular weight excluding hydrogens is 240 g/mol. The maximum atomic E-state index is 4.43. The number of hydrogen-bond acceptors (Lipinski definition) is 0. The topological polar surface area (TPSA) is 0 Å². The molecule has 112 valence electrons. The molecule has 0 spiro atoms. The lowest BCUT2D eigenvalue weighted by Gasteiger charge is -2.39. The van der Waals surface area contributed by atoms with E-state index in [1.165, 1.54) is 44.9 Å². The molecule has 20 heavy (non-hydrogen) atoms. The molecule has 0 aromatic heterocycles. The molecule has 0 amide bonds. The van der Waals surface area contributed by atoms with E-state index in [9.17, 15) is 0 Å². The zero-order chi connectivity index (χ0) is 14.5. The Bertz CT molecular complexity index is 439. The second-order valence-corrected chi connectivity index (χ2v) is 8.41. The molecule has 2 fully saturated rings. The lowest BCUT2D eigenvalue weighted by molar-refractivity contribution is 0.188. The van der Waals surface area contributed by atoms with Gasteiger partial charge in [0, 0.05) is 0 Å². The molecule has 0 N–H and O–H groups in total. The van der Waals surface area contributed by atoms with Gasteiger partial charge in [-0.3, -0.25) is 0 Å². The van der Waals surface area contributed by atoms with E-state index in [1.807, 2.05) is 11.1 Å². The van der Waals surface area contributed by atoms with Crippen LogP contribution in [0.15, 0.2) is 23.3 Å². The maximum Gasteiger partial charge on any atom is -0.0105 e. The summed E-state index contributed by atoms with van der Waals surface area (Å²) in [7, 11) is 0. The largest absolute Gasteiger partial charge is 0.0996 e. The average Bonchev–Trinajstić information content (AvgIpc) is 2.88. The Morgan fingerprint density at radius 2 is 1.90 bits per heavy atom. The fourth-order valence-corrected chi connectivity index (χ4v) is 5.51. The molecular formula is C20H32. The molecule has 0 saturated heterocycles. The highest BCUT2D eigenvalue weighted by Gasteiger charge is 2.45. The number of fused-ring (bicyclic) bond motifs is 2. The maximum absolute atomic E-state index is 4.43. The zero-order valence-electron chi connectivity index (χ0n) is 14.0. The van der Waals surface area contributed by atoms with Crippen LogP contribution in [-0.4, -0.2) is 0 Å². The molecule has 4 atom stereocenters. The standard InChI is InChI=1S/C20H32/c1-13(2)16-10-11-20(5)12-18-15(4)6-8-17(18)14(3)7-9-19(16)20/h13-14,17-18H,4,6-12H2,1-3,5H3/t14-,17-,18-,20+/m0/s1. The normalized spacial score (nSPS) is 41.6. The third kappa shape index (κ3) is 2.20. The van der Waals surface area contributed by atoms with Crippen LogP contribution in [0.1, 0.15) is 72.6 Å². The quantitative estimate of drug-likeness (QED) is 0.503. The lowest BCUT2D eigenvalue weighted by Crippen LogP contribution is -2.29. The second-order valence-electron chi connectivity index (χ2n) is 8.41. The molecule has 0 aliphatic heterocycles. The van der Waals surface area contributed by atoms with Gasteiger partial charge in [-0.2, -0.15) is 0 Å². The molecule has 2 saturated carbocycles. The van der Waals surface area contributed by atoms with Crippen molar-refractivity contribution in [2.24, 2.45) is 29.1 Å². The average molecular weight is 272 g/mol. The monoisotopic (exact) mass is 272 g/mol. The first-order chi connectivity index (χ1) is 9.42. The van der Waals surface area contributed by atoms with Crippen LogP contribution < -0.4 is 0 Å². The van der Waals surface area contributed by atoms with Crippen molar-refractivity contribution in [1.82, 2.24) is 0 Å². The molecule has 3 aliphatic rings. The van der Waals surface area contributed by atoms with E-state index in [1.54, 1.807) is 5.57 Å². The van der Waals surface area contributed by atoms with Crippen LogP contribution in [0.5, 0.6) is 0 Å². The van der Waals surface area contributed by atoms with Gasteiger partial charge in [-0.05, 0) is 74.0 Å². The fraction of sp³-hybridized carbons (Fsp3) is 0.800. The summed E-state index contributed by atoms with van der Waals surface area (Å²) in [5.74, 6) is 3.40. The summed E-state index contributed by atoms with van der Waals surface area (Å²) in [5, 5.41) is 0. The van der Waals surface area contributed by atoms with Gasteiger partial charge in [0.1, 0.15) is 0 Å². The van der Waals surface area contributed by atoms with E-state index in [4.69, 9.17) is 0 Å². The molecule has 0 aromatic carbocycles. The van der Waals surface area contributed by atoms with Gasteiger partial charge in [0.15, 0.2) is 0 Å². The Morgan fingerprint density at radius 3 is 2.60 bits per heavy atom. The minimum atomic E-state index is 0.496. The summed E-state index contributed by atoms with van der Waals surface area (Å²) in [6, 6.07) is 0. The highest BCUT2D eigenvalue weighted by atomic mass is 14.5. The van der Waals surface area contributed by atoms with E-state index in [0.29, 0.717) is 5.41 Å². The lowest BCUT2D eigenvalue weighted by atomic mass is 9.65. The molecule has 0 bridgehead atoms. The van der Waals surface area contributed by atoms with Crippen LogP contribution in [0.4, 0.5) is 0 Å². The van der Waals surface area contributed by atoms with Gasteiger partial charge in [-0.1, -0.05) is 51.0 Å². The Hall–Kier alpha value is -0.520. The second kappa shape index (κ2) is 5.04. The van der Waals surface area contributed by atoms with Crippen LogP contribution in [0, 0.1) is 29.1 Å². The third-order valence-electron chi connectivity index (χ3n) is 6.85. The van der Waals surface area contributed by atoms with Gasteiger partial charge in [0.05, 0.1) is 0 Å². The fourth-order valence-electron chi connectivity index (χ4n) is 5.51. The van der Waals surface area contributed by atoms with Crippen LogP contribution >= 0.6 is 0 Å². The molecule has 0 heteroatoms. The van der Waals surface area contributed by atoms with E-state index in [0.717, 1.165) is 23.7 Å². The predicted molar refractivity (Wildman–Crippen MR) is 87.6 cm³/mol. The highest BCUT2D eigenvalue weighted by Crippen LogP contribution is 2.57. The van der Waals surface area contributed by atoms with Crippen molar-refractivity contribution in [2.45, 2.75) is 72.6 Å². The van der Waals surface area contributed by atoms with Crippen LogP contribution in [0.3, 0.4) is 0 Å². The van der Waals surface area contributed by atoms with Crippen molar-refractivity contribution < 1.29 is 0 Å². The van der Waals surface area contributed by atoms with Gasteiger partial charge >= 0.3 is 0 Å². The summed E-state index contributed by atoms with van der Waals surface area (Å²) in [5.41, 5.74) is 5.73. The minimum Gasteiger partial charge on any atom is -0.0996 e. The summed E-state index contributed by atoms with van der Waals surface area (Å²) in [4.78, 5) is 0. The van der Waals surface area contributed by atoms with Crippen molar-refractivity contribution in [1.29, 1.82) is 0 Å². The molecule has 0 heterocycles. The smallest absolute Gasteiger partial charge is 0.0105 e. The van der Waals surface area contributed by atoms with Crippen molar-refractivity contribution in [3.05, 3.63) is 23.3 Å². The van der Waals surface area contributed by atoms with E-state index < -0.39 is 0 Å². The number of hydrogen-bond donors (Lipinski definition) is 0. The van der Waals surface area contributed by atoms with Crippen molar-refractivity contribution in [3.63, 3.8) is 0 Å². The summed E-state index contributed by atoms with van der Waals surface area (Å²) in [6.45, 7) is 14.3. The molecule has 3 rings (SSSR count). The first kappa shape index (κ1) is 14.4. The molecule has 0 nitrogen and oxygen atoms in total. The number of allylic oxidation sites excluding steroid dienone is 3. The Morgan fingerprint density at radius 1 is 1.15 bits per heavy atom. The van der Waals surface area contributed by atoms with Gasteiger partial charge in [-0.15, -0.1) is 0 Å². The summed E-state index contributed by atoms with van der Waals surface area (Å²) in [6.07, 6.45) is 9.66. The number of rotatable bonds is 1. The first-order valence-electron chi connectivity index (χ1n) is 8.82. The highest BCUT2D eigenvalue weighted by molar-refractivity contribution is 5.31. The Balaban J connectivity index is 1.96. The zero-order valence-corrected chi connectivity index (χ0v) is 14.0. The van der Waals surface area contributed by atoms with Gasteiger partial charge in [-0.25, -0.2) is 0 Å². The molecule has 0 radical (unpaired) electrons. The van der Waals surface area contributed by atoms with Gasteiger partial charge < -0.3 is 0 Å². The van der Waals surface area contributed by atoms with E-state index in [2.05, 4.69) is 34.3 Å². The van der Waals surface area contributed by atoms with Crippen molar-refractivity contribution >= 4 is 0 Å². The molecule has 0 aromatic rings. The van der Waals surface area contributed by atoms with Crippen LogP contribution in [0.25, 0.3) is 0 Å². The third-order valence-corrected chi connectivity index (χ3v) is 6.85. The molecule has 0 unspecified atom stereocenters. The van der Waals surface area contributed by atoms with Crippen molar-refractivity contribution in [3.8, 4) is 0 Å². The Kier molecular flexibility index (Phi) is 3.63. The van der Waals surface area contributed by atoms with Crippen molar-refractivity contribution in [2.75, 3.05) is 0 Å². The minimum absolute atomic E-state index is 0.496. The summed E-state index contributed by atoms with van der Waals surface area (Å²) >= 11 is 0. The predicted octanol–water partition coefficient (Wildman–Crippen LogP) is 6.14. The first-order valence-corrected chi connectivity index (χ1v) is 8.82. The Labute approximate surface area is 125 Å². The van der Waals surface area contributed by atoms with Crippen LogP contribution in [0.2, 0.25) is 0 Å². The van der Waals surface area contributed by atoms with E-state index in [-0.39, 0.29) is 0 Å². The van der Waals surface area contributed by atoms with Gasteiger partial charge in [0.25, 0.3) is 0 Å². The SMILES string of the molecule is C=C1CC[C@H]2[C@@H](C)CCC3=C(C(C)C)CC[C@]3(C)C[C@@H]12. The summed E-state index contributed by atoms with van der Waals surface area (Å²) < 4.78 is 0. The van der Waals surface area contributed by atoms with E-state index >= 15 is 0 Å². The molecule has 3 aliphatic carbocycles. The van der Waals surface area contributed by atoms with Crippen LogP contribution in [-0.2, 0) is 0 Å². The van der Waals surface area contributed by atoms with Gasteiger partial charge in [0.2, 0.25) is 0 Å².